The molecule has 1 aliphatic heterocycles. The first-order valence-corrected chi connectivity index (χ1v) is 7.79. The highest BCUT2D eigenvalue weighted by molar-refractivity contribution is 7.89. The highest BCUT2D eigenvalue weighted by atomic mass is 32.2. The molecule has 1 aromatic carbocycles. The van der Waals surface area contributed by atoms with Crippen LogP contribution in [0.2, 0.25) is 0 Å². The van der Waals surface area contributed by atoms with Crippen LogP contribution in [-0.4, -0.2) is 55.5 Å². The molecule has 0 aromatic heterocycles. The predicted molar refractivity (Wildman–Crippen MR) is 73.2 cm³/mol. The van der Waals surface area contributed by atoms with Crippen molar-refractivity contribution in [3.05, 3.63) is 29.8 Å². The van der Waals surface area contributed by atoms with Gasteiger partial charge in [0.25, 0.3) is 0 Å². The number of nitrogens with zero attached hydrogens (tertiary/aromatic N) is 2. The molecule has 0 aliphatic carbocycles. The normalized spacial score (nSPS) is 22.6. The SMILES string of the molecule is CC1CN(S(=O)(=O)c2cccc(CO)c2)CCN1C. The Hall–Kier alpha value is -0.950. The number of hydrogen-bond donors (Lipinski definition) is 1. The molecule has 1 aromatic rings. The largest absolute Gasteiger partial charge is 0.392 e. The Morgan fingerprint density at radius 2 is 2.11 bits per heavy atom. The Morgan fingerprint density at radius 3 is 2.74 bits per heavy atom. The van der Waals surface area contributed by atoms with Gasteiger partial charge in [-0.25, -0.2) is 8.42 Å². The summed E-state index contributed by atoms with van der Waals surface area (Å²) in [5.74, 6) is 0. The quantitative estimate of drug-likeness (QED) is 0.878. The van der Waals surface area contributed by atoms with Crippen LogP contribution in [0.25, 0.3) is 0 Å². The summed E-state index contributed by atoms with van der Waals surface area (Å²) in [5.41, 5.74) is 0.614. The molecule has 19 heavy (non-hydrogen) atoms. The molecule has 2 rings (SSSR count). The van der Waals surface area contributed by atoms with Crippen LogP contribution < -0.4 is 0 Å². The molecule has 1 heterocycles. The highest BCUT2D eigenvalue weighted by Crippen LogP contribution is 2.20. The molecule has 106 valence electrons. The number of rotatable bonds is 3. The van der Waals surface area contributed by atoms with Crippen molar-refractivity contribution >= 4 is 10.0 Å². The summed E-state index contributed by atoms with van der Waals surface area (Å²) < 4.78 is 26.6. The topological polar surface area (TPSA) is 60.9 Å². The fraction of sp³-hybridized carbons (Fsp3) is 0.538. The van der Waals surface area contributed by atoms with Gasteiger partial charge in [-0.1, -0.05) is 12.1 Å². The standard InChI is InChI=1S/C13H20N2O3S/c1-11-9-15(7-6-14(11)2)19(17,18)13-5-3-4-12(8-13)10-16/h3-5,8,11,16H,6-7,9-10H2,1-2H3. The minimum atomic E-state index is -3.46. The van der Waals surface area contributed by atoms with Gasteiger partial charge < -0.3 is 10.0 Å². The van der Waals surface area contributed by atoms with Crippen LogP contribution in [0.4, 0.5) is 0 Å². The van der Waals surface area contributed by atoms with Crippen LogP contribution in [-0.2, 0) is 16.6 Å². The number of hydrogen-bond acceptors (Lipinski definition) is 4. The lowest BCUT2D eigenvalue weighted by atomic mass is 10.2. The van der Waals surface area contributed by atoms with E-state index in [0.29, 0.717) is 18.7 Å². The van der Waals surface area contributed by atoms with Gasteiger partial charge in [-0.15, -0.1) is 0 Å². The molecule has 1 fully saturated rings. The number of benzene rings is 1. The van der Waals surface area contributed by atoms with Crippen LogP contribution >= 0.6 is 0 Å². The summed E-state index contributed by atoms with van der Waals surface area (Å²) in [6.45, 7) is 3.61. The second kappa shape index (κ2) is 5.58. The molecule has 0 bridgehead atoms. The van der Waals surface area contributed by atoms with Crippen molar-refractivity contribution in [1.82, 2.24) is 9.21 Å². The van der Waals surface area contributed by atoms with E-state index in [9.17, 15) is 8.42 Å². The van der Waals surface area contributed by atoms with Gasteiger partial charge in [0.2, 0.25) is 10.0 Å². The van der Waals surface area contributed by atoms with Gasteiger partial charge in [-0.3, -0.25) is 0 Å². The number of sulfonamides is 1. The van der Waals surface area contributed by atoms with E-state index >= 15 is 0 Å². The molecule has 0 radical (unpaired) electrons. The van der Waals surface area contributed by atoms with Crippen molar-refractivity contribution in [3.8, 4) is 0 Å². The Morgan fingerprint density at radius 1 is 1.37 bits per heavy atom. The Balaban J connectivity index is 2.27. The number of piperazine rings is 1. The summed E-state index contributed by atoms with van der Waals surface area (Å²) in [6, 6.07) is 6.71. The minimum absolute atomic E-state index is 0.150. The van der Waals surface area contributed by atoms with Crippen molar-refractivity contribution < 1.29 is 13.5 Å². The van der Waals surface area contributed by atoms with E-state index in [0.717, 1.165) is 6.54 Å². The fourth-order valence-electron chi connectivity index (χ4n) is 2.19. The molecule has 0 spiro atoms. The van der Waals surface area contributed by atoms with Crippen molar-refractivity contribution in [3.63, 3.8) is 0 Å². The maximum Gasteiger partial charge on any atom is 0.243 e. The lowest BCUT2D eigenvalue weighted by Crippen LogP contribution is -2.51. The smallest absolute Gasteiger partial charge is 0.243 e. The summed E-state index contributed by atoms with van der Waals surface area (Å²) in [4.78, 5) is 2.41. The minimum Gasteiger partial charge on any atom is -0.392 e. The van der Waals surface area contributed by atoms with Crippen LogP contribution in [0.1, 0.15) is 12.5 Å². The van der Waals surface area contributed by atoms with Crippen LogP contribution in [0, 0.1) is 0 Å². The van der Waals surface area contributed by atoms with Crippen molar-refractivity contribution in [2.75, 3.05) is 26.7 Å². The van der Waals surface area contributed by atoms with Crippen LogP contribution in [0.3, 0.4) is 0 Å². The van der Waals surface area contributed by atoms with E-state index in [4.69, 9.17) is 5.11 Å². The molecular weight excluding hydrogens is 264 g/mol. The highest BCUT2D eigenvalue weighted by Gasteiger charge is 2.30. The second-order valence-corrected chi connectivity index (χ2v) is 6.94. The zero-order valence-electron chi connectivity index (χ0n) is 11.3. The number of likely N-dealkylation sites (N-methyl/N-ethyl adjacent to an activating group) is 1. The van der Waals surface area contributed by atoms with Crippen LogP contribution in [0.5, 0.6) is 0 Å². The summed E-state index contributed by atoms with van der Waals surface area (Å²) in [5, 5.41) is 9.10. The monoisotopic (exact) mass is 284 g/mol. The Kier molecular flexibility index (Phi) is 4.25. The third kappa shape index (κ3) is 2.97. The van der Waals surface area contributed by atoms with Crippen LogP contribution in [0.15, 0.2) is 29.2 Å². The van der Waals surface area contributed by atoms with Gasteiger partial charge in [0, 0.05) is 25.7 Å². The average Bonchev–Trinajstić information content (AvgIpc) is 2.41. The number of aliphatic hydroxyl groups is 1. The molecule has 1 atom stereocenters. The van der Waals surface area contributed by atoms with Gasteiger partial charge in [0.15, 0.2) is 0 Å². The lowest BCUT2D eigenvalue weighted by molar-refractivity contribution is 0.159. The molecule has 5 nitrogen and oxygen atoms in total. The maximum absolute atomic E-state index is 12.5. The summed E-state index contributed by atoms with van der Waals surface area (Å²) in [6.07, 6.45) is 0. The molecule has 6 heteroatoms. The zero-order valence-corrected chi connectivity index (χ0v) is 12.1. The Labute approximate surface area is 114 Å². The Bertz CT molecular complexity index is 545. The molecule has 1 N–H and O–H groups in total. The first-order valence-electron chi connectivity index (χ1n) is 6.35. The first-order chi connectivity index (χ1) is 8.95. The van der Waals surface area contributed by atoms with E-state index in [-0.39, 0.29) is 17.5 Å². The van der Waals surface area contributed by atoms with E-state index in [1.807, 2.05) is 14.0 Å². The summed E-state index contributed by atoms with van der Waals surface area (Å²) in [7, 11) is -1.45. The molecule has 1 unspecified atom stereocenters. The first kappa shape index (κ1) is 14.5. The molecule has 0 amide bonds. The maximum atomic E-state index is 12.5. The molecule has 1 saturated heterocycles. The average molecular weight is 284 g/mol. The third-order valence-corrected chi connectivity index (χ3v) is 5.50. The van der Waals surface area contributed by atoms with Gasteiger partial charge in [-0.2, -0.15) is 4.31 Å². The predicted octanol–water partition coefficient (Wildman–Crippen LogP) is 0.504. The zero-order chi connectivity index (χ0) is 14.0. The molecule has 0 saturated carbocycles. The molecular formula is C13H20N2O3S. The van der Waals surface area contributed by atoms with Gasteiger partial charge >= 0.3 is 0 Å². The lowest BCUT2D eigenvalue weighted by Gasteiger charge is -2.36. The second-order valence-electron chi connectivity index (χ2n) is 5.00. The fourth-order valence-corrected chi connectivity index (χ4v) is 3.77. The van der Waals surface area contributed by atoms with Gasteiger partial charge in [0.05, 0.1) is 11.5 Å². The van der Waals surface area contributed by atoms with Gasteiger partial charge in [-0.05, 0) is 31.7 Å². The van der Waals surface area contributed by atoms with E-state index in [1.54, 1.807) is 24.3 Å². The number of aliphatic hydroxyl groups excluding tert-OH is 1. The van der Waals surface area contributed by atoms with Gasteiger partial charge in [0.1, 0.15) is 0 Å². The van der Waals surface area contributed by atoms with Crippen molar-refractivity contribution in [1.29, 1.82) is 0 Å². The molecule has 1 aliphatic rings. The van der Waals surface area contributed by atoms with Crippen molar-refractivity contribution in [2.45, 2.75) is 24.5 Å². The third-order valence-electron chi connectivity index (χ3n) is 3.64. The van der Waals surface area contributed by atoms with E-state index < -0.39 is 10.0 Å². The van der Waals surface area contributed by atoms with E-state index in [2.05, 4.69) is 4.90 Å². The van der Waals surface area contributed by atoms with Crippen molar-refractivity contribution in [2.24, 2.45) is 0 Å². The van der Waals surface area contributed by atoms with E-state index in [1.165, 1.54) is 4.31 Å². The summed E-state index contributed by atoms with van der Waals surface area (Å²) >= 11 is 0.